The number of benzene rings is 1. The summed E-state index contributed by atoms with van der Waals surface area (Å²) in [6, 6.07) is 5.96. The van der Waals surface area contributed by atoms with E-state index in [9.17, 15) is 19.1 Å². The molecule has 1 aliphatic rings. The van der Waals surface area contributed by atoms with Gasteiger partial charge < -0.3 is 19.6 Å². The van der Waals surface area contributed by atoms with E-state index in [4.69, 9.17) is 9.15 Å². The minimum Gasteiger partial charge on any atom is -0.505 e. The molecular weight excluding hydrogens is 445 g/mol. The molecule has 1 atom stereocenters. The summed E-state index contributed by atoms with van der Waals surface area (Å²) in [6.07, 6.45) is 1.80. The van der Waals surface area contributed by atoms with Crippen molar-refractivity contribution < 1.29 is 23.4 Å². The van der Waals surface area contributed by atoms with E-state index in [1.165, 1.54) is 29.9 Å². The van der Waals surface area contributed by atoms with Gasteiger partial charge in [0.25, 0.3) is 17.4 Å². The van der Waals surface area contributed by atoms with Gasteiger partial charge in [0, 0.05) is 32.2 Å². The van der Waals surface area contributed by atoms with E-state index in [2.05, 4.69) is 20.5 Å². The lowest BCUT2D eigenvalue weighted by atomic mass is 9.99. The summed E-state index contributed by atoms with van der Waals surface area (Å²) >= 11 is 0. The minimum absolute atomic E-state index is 0.0415. The Morgan fingerprint density at radius 2 is 2.03 bits per heavy atom. The number of carbonyl (C=O) groups excluding carboxylic acids is 1. The lowest BCUT2D eigenvalue weighted by Crippen LogP contribution is -2.44. The fourth-order valence-electron chi connectivity index (χ4n) is 4.13. The molecule has 3 aromatic heterocycles. The number of pyridine rings is 2. The highest BCUT2D eigenvalue weighted by Crippen LogP contribution is 2.42. The normalized spacial score (nSPS) is 16.9. The average molecular weight is 465 g/mol. The minimum atomic E-state index is -1.25. The molecule has 0 spiro atoms. The zero-order chi connectivity index (χ0) is 24.2. The molecule has 4 aromatic rings. The van der Waals surface area contributed by atoms with Crippen molar-refractivity contribution in [2.24, 2.45) is 0 Å². The second-order valence-corrected chi connectivity index (χ2v) is 8.27. The number of ether oxygens (including phenoxy) is 1. The monoisotopic (exact) mass is 465 g/mol. The quantitative estimate of drug-likeness (QED) is 0.469. The molecule has 174 valence electrons. The number of rotatable bonds is 4. The first-order valence-electron chi connectivity index (χ1n) is 10.5. The summed E-state index contributed by atoms with van der Waals surface area (Å²) in [5.74, 6) is -0.900. The van der Waals surface area contributed by atoms with Gasteiger partial charge in [0.2, 0.25) is 11.5 Å². The van der Waals surface area contributed by atoms with Crippen molar-refractivity contribution >= 4 is 16.9 Å². The molecule has 0 aliphatic carbocycles. The molecule has 10 nitrogen and oxygen atoms in total. The number of hydrogen-bond acceptors (Lipinski definition) is 8. The van der Waals surface area contributed by atoms with E-state index in [1.54, 1.807) is 26.0 Å². The number of aromatic hydroxyl groups is 1. The van der Waals surface area contributed by atoms with Gasteiger partial charge in [0.1, 0.15) is 22.4 Å². The van der Waals surface area contributed by atoms with E-state index in [1.807, 2.05) is 0 Å². The van der Waals surface area contributed by atoms with Gasteiger partial charge in [0.05, 0.1) is 6.54 Å². The third-order valence-electron chi connectivity index (χ3n) is 5.80. The van der Waals surface area contributed by atoms with Crippen LogP contribution in [0.3, 0.4) is 0 Å². The molecule has 0 saturated carbocycles. The van der Waals surface area contributed by atoms with Crippen LogP contribution in [0.15, 0.2) is 39.7 Å². The zero-order valence-corrected chi connectivity index (χ0v) is 18.5. The molecule has 1 aliphatic heterocycles. The summed E-state index contributed by atoms with van der Waals surface area (Å²) in [7, 11) is 1.36. The molecule has 4 heterocycles. The molecule has 1 amide bonds. The summed E-state index contributed by atoms with van der Waals surface area (Å²) in [6.45, 7) is 3.26. The van der Waals surface area contributed by atoms with Gasteiger partial charge in [-0.1, -0.05) is 12.1 Å². The number of hydrogen-bond donors (Lipinski definition) is 2. The number of carbonyl (C=O) groups is 1. The summed E-state index contributed by atoms with van der Waals surface area (Å²) < 4.78 is 26.7. The van der Waals surface area contributed by atoms with Gasteiger partial charge in [-0.05, 0) is 24.6 Å². The molecule has 0 fully saturated rings. The fraction of sp³-hybridized carbons (Fsp3) is 0.261. The maximum absolute atomic E-state index is 13.4. The molecule has 5 rings (SSSR count). The van der Waals surface area contributed by atoms with Crippen LogP contribution in [0.2, 0.25) is 0 Å². The number of aromatic nitrogens is 4. The van der Waals surface area contributed by atoms with Crippen molar-refractivity contribution in [2.75, 3.05) is 7.05 Å². The van der Waals surface area contributed by atoms with Gasteiger partial charge in [-0.3, -0.25) is 19.1 Å². The summed E-state index contributed by atoms with van der Waals surface area (Å²) in [5, 5.41) is 21.1. The van der Waals surface area contributed by atoms with Gasteiger partial charge in [-0.25, -0.2) is 4.39 Å². The number of halogens is 1. The molecule has 1 aromatic carbocycles. The molecular formula is C23H20FN5O5. The molecule has 0 saturated heterocycles. The van der Waals surface area contributed by atoms with E-state index in [0.29, 0.717) is 17.9 Å². The Morgan fingerprint density at radius 1 is 1.29 bits per heavy atom. The van der Waals surface area contributed by atoms with Crippen molar-refractivity contribution in [3.05, 3.63) is 75.1 Å². The van der Waals surface area contributed by atoms with Crippen LogP contribution in [-0.4, -0.2) is 37.8 Å². The maximum Gasteiger partial charge on any atom is 0.268 e. The molecule has 34 heavy (non-hydrogen) atoms. The van der Waals surface area contributed by atoms with Crippen molar-refractivity contribution in [2.45, 2.75) is 32.4 Å². The lowest BCUT2D eigenvalue weighted by Gasteiger charge is -2.35. The Balaban J connectivity index is 1.78. The average Bonchev–Trinajstić information content (AvgIpc) is 3.26. The smallest absolute Gasteiger partial charge is 0.268 e. The van der Waals surface area contributed by atoms with Crippen LogP contribution in [0.25, 0.3) is 11.0 Å². The standard InChI is InChI=1S/C23H20FN5O5/c1-11-27-28-22(33-11)23(2)10-29-17-16(18(30)15(21(29)32)20(31)25-3)26-9-13(19(17)34-23)8-12-4-6-14(24)7-5-12/h4-7,9,30H,8,10H2,1-3H3,(H,25,31). The first-order valence-corrected chi connectivity index (χ1v) is 10.5. The van der Waals surface area contributed by atoms with Crippen molar-refractivity contribution in [3.63, 3.8) is 0 Å². The Bertz CT molecular complexity index is 1510. The van der Waals surface area contributed by atoms with Gasteiger partial charge in [0.15, 0.2) is 11.5 Å². The van der Waals surface area contributed by atoms with E-state index < -0.39 is 28.4 Å². The predicted molar refractivity (Wildman–Crippen MR) is 117 cm³/mol. The second-order valence-electron chi connectivity index (χ2n) is 8.27. The SMILES string of the molecule is CNC(=O)c1c(O)c2ncc(Cc3ccc(F)cc3)c3c2n(c1=O)CC(C)(c1nnc(C)o1)O3. The lowest BCUT2D eigenvalue weighted by molar-refractivity contribution is 0.0282. The Morgan fingerprint density at radius 3 is 2.68 bits per heavy atom. The zero-order valence-electron chi connectivity index (χ0n) is 18.5. The fourth-order valence-corrected chi connectivity index (χ4v) is 4.13. The first-order chi connectivity index (χ1) is 16.2. The van der Waals surface area contributed by atoms with Gasteiger partial charge in [-0.2, -0.15) is 0 Å². The topological polar surface area (TPSA) is 132 Å². The molecule has 1 unspecified atom stereocenters. The summed E-state index contributed by atoms with van der Waals surface area (Å²) in [5.41, 5.74) is -0.739. The van der Waals surface area contributed by atoms with Crippen molar-refractivity contribution in [3.8, 4) is 11.5 Å². The third-order valence-corrected chi connectivity index (χ3v) is 5.80. The second kappa shape index (κ2) is 7.65. The maximum atomic E-state index is 13.4. The number of nitrogens with zero attached hydrogens (tertiary/aromatic N) is 4. The molecule has 11 heteroatoms. The van der Waals surface area contributed by atoms with E-state index >= 15 is 0 Å². The largest absolute Gasteiger partial charge is 0.505 e. The highest BCUT2D eigenvalue weighted by molar-refractivity contribution is 6.02. The highest BCUT2D eigenvalue weighted by atomic mass is 19.1. The number of nitrogens with one attached hydrogen (secondary N) is 1. The van der Waals surface area contributed by atoms with Crippen LogP contribution in [0.1, 0.15) is 40.2 Å². The van der Waals surface area contributed by atoms with Crippen LogP contribution < -0.4 is 15.6 Å². The predicted octanol–water partition coefficient (Wildman–Crippen LogP) is 2.19. The molecule has 2 N–H and O–H groups in total. The van der Waals surface area contributed by atoms with Crippen molar-refractivity contribution in [1.29, 1.82) is 0 Å². The van der Waals surface area contributed by atoms with Crippen LogP contribution >= 0.6 is 0 Å². The molecule has 0 bridgehead atoms. The highest BCUT2D eigenvalue weighted by Gasteiger charge is 2.42. The van der Waals surface area contributed by atoms with Crippen molar-refractivity contribution in [1.82, 2.24) is 25.1 Å². The Labute approximate surface area is 192 Å². The van der Waals surface area contributed by atoms with Crippen LogP contribution in [0.5, 0.6) is 11.5 Å². The van der Waals surface area contributed by atoms with Crippen LogP contribution in [0, 0.1) is 12.7 Å². The molecule has 0 radical (unpaired) electrons. The van der Waals surface area contributed by atoms with E-state index in [0.717, 1.165) is 5.56 Å². The third kappa shape index (κ3) is 3.28. The van der Waals surface area contributed by atoms with Crippen LogP contribution in [0.4, 0.5) is 4.39 Å². The van der Waals surface area contributed by atoms with Gasteiger partial charge in [-0.15, -0.1) is 10.2 Å². The van der Waals surface area contributed by atoms with Gasteiger partial charge >= 0.3 is 0 Å². The van der Waals surface area contributed by atoms with E-state index in [-0.39, 0.29) is 35.0 Å². The van der Waals surface area contributed by atoms with Crippen LogP contribution in [-0.2, 0) is 18.6 Å². The number of amides is 1. The summed E-state index contributed by atoms with van der Waals surface area (Å²) in [4.78, 5) is 30.2. The Kier molecular flexibility index (Phi) is 4.85. The first kappa shape index (κ1) is 21.6. The number of aryl methyl sites for hydroxylation is 1. The Hall–Kier alpha value is -4.28.